The summed E-state index contributed by atoms with van der Waals surface area (Å²) in [6, 6.07) is 20.7. The van der Waals surface area contributed by atoms with Crippen LogP contribution < -0.4 is 25.8 Å². The summed E-state index contributed by atoms with van der Waals surface area (Å²) in [5, 5.41) is 18.0. The van der Waals surface area contributed by atoms with Crippen LogP contribution in [0, 0.1) is 0 Å². The largest absolute Gasteiger partial charge is 0.394 e. The zero-order valence-electron chi connectivity index (χ0n) is 34.9. The lowest BCUT2D eigenvalue weighted by Gasteiger charge is -2.35. The van der Waals surface area contributed by atoms with E-state index in [1.54, 1.807) is 41.1 Å². The maximum Gasteiger partial charge on any atom is 0.310 e. The molecule has 1 amide bonds. The molecule has 0 aliphatic carbocycles. The Balaban J connectivity index is 0.000000198. The van der Waals surface area contributed by atoms with E-state index in [0.717, 1.165) is 91.9 Å². The van der Waals surface area contributed by atoms with Crippen LogP contribution in [0.5, 0.6) is 0 Å². The smallest absolute Gasteiger partial charge is 0.310 e. The number of nitrogens with zero attached hydrogens (tertiary/aromatic N) is 11. The van der Waals surface area contributed by atoms with E-state index in [2.05, 4.69) is 109 Å². The Morgan fingerprint density at radius 1 is 0.607 bits per heavy atom. The molecule has 18 nitrogen and oxygen atoms in total. The molecule has 6 heterocycles. The second-order valence-corrected chi connectivity index (χ2v) is 14.0. The summed E-state index contributed by atoms with van der Waals surface area (Å²) in [7, 11) is 3.74. The fourth-order valence-electron chi connectivity index (χ4n) is 6.48. The van der Waals surface area contributed by atoms with Crippen molar-refractivity contribution < 1.29 is 19.1 Å². The average Bonchev–Trinajstić information content (AvgIpc) is 3.87. The van der Waals surface area contributed by atoms with Gasteiger partial charge in [-0.05, 0) is 36.4 Å². The molecule has 320 valence electrons. The van der Waals surface area contributed by atoms with E-state index in [4.69, 9.17) is 0 Å². The lowest BCUT2D eigenvalue weighted by Crippen LogP contribution is -2.48. The summed E-state index contributed by atoms with van der Waals surface area (Å²) in [6.45, 7) is 11.4. The number of hydrogen-bond donors (Lipinski definition) is 3. The number of esters is 2. The van der Waals surface area contributed by atoms with E-state index in [-0.39, 0.29) is 18.3 Å². The molecular formula is C42H51ClN14O4. The third kappa shape index (κ3) is 13.6. The van der Waals surface area contributed by atoms with Crippen molar-refractivity contribution in [2.24, 2.45) is 14.1 Å². The molecule has 0 atom stereocenters. The molecule has 2 aromatic carbocycles. The van der Waals surface area contributed by atoms with Crippen molar-refractivity contribution in [2.75, 3.05) is 72.8 Å². The van der Waals surface area contributed by atoms with E-state index >= 15 is 0 Å². The molecule has 6 aromatic rings. The lowest BCUT2D eigenvalue weighted by molar-refractivity contribution is -0.156. The summed E-state index contributed by atoms with van der Waals surface area (Å²) in [5.41, 5.74) is 8.00. The van der Waals surface area contributed by atoms with Crippen molar-refractivity contribution in [2.45, 2.75) is 20.8 Å². The van der Waals surface area contributed by atoms with Gasteiger partial charge in [0.2, 0.25) is 17.8 Å². The molecule has 2 aliphatic heterocycles. The second-order valence-electron chi connectivity index (χ2n) is 14.0. The zero-order chi connectivity index (χ0) is 42.4. The molecular weight excluding hydrogens is 800 g/mol. The summed E-state index contributed by atoms with van der Waals surface area (Å²) in [4.78, 5) is 55.5. The van der Waals surface area contributed by atoms with Crippen molar-refractivity contribution in [3.63, 3.8) is 0 Å². The normalized spacial score (nSPS) is 13.4. The van der Waals surface area contributed by atoms with E-state index in [1.807, 2.05) is 43.5 Å². The fourth-order valence-corrected chi connectivity index (χ4v) is 6.48. The van der Waals surface area contributed by atoms with Gasteiger partial charge in [-0.25, -0.2) is 19.9 Å². The van der Waals surface area contributed by atoms with Crippen molar-refractivity contribution in [1.82, 2.24) is 49.7 Å². The highest BCUT2D eigenvalue weighted by atomic mass is 35.5. The van der Waals surface area contributed by atoms with Gasteiger partial charge in [0.25, 0.3) is 0 Å². The van der Waals surface area contributed by atoms with Crippen LogP contribution in [-0.4, -0.2) is 115 Å². The van der Waals surface area contributed by atoms with Crippen LogP contribution in [-0.2, 0) is 33.2 Å². The van der Waals surface area contributed by atoms with Crippen molar-refractivity contribution >= 4 is 64.9 Å². The zero-order valence-corrected chi connectivity index (χ0v) is 35.7. The first-order chi connectivity index (χ1) is 29.0. The maximum atomic E-state index is 11.5. The predicted molar refractivity (Wildman–Crippen MR) is 237 cm³/mol. The Morgan fingerprint density at radius 3 is 1.39 bits per heavy atom. The van der Waals surface area contributed by atoms with Gasteiger partial charge in [-0.2, -0.15) is 10.2 Å². The van der Waals surface area contributed by atoms with Gasteiger partial charge in [0.15, 0.2) is 0 Å². The van der Waals surface area contributed by atoms with Gasteiger partial charge in [0.1, 0.15) is 0 Å². The van der Waals surface area contributed by atoms with Gasteiger partial charge in [-0.15, -0.1) is 12.4 Å². The van der Waals surface area contributed by atoms with Crippen LogP contribution in [0.15, 0.2) is 97.8 Å². The first kappa shape index (κ1) is 45.2. The van der Waals surface area contributed by atoms with Gasteiger partial charge in [0, 0.05) is 135 Å². The number of rotatable bonds is 8. The molecule has 4 aromatic heterocycles. The molecule has 61 heavy (non-hydrogen) atoms. The summed E-state index contributed by atoms with van der Waals surface area (Å²) < 4.78 is 7.43. The number of nitrogens with one attached hydrogen (secondary N) is 3. The van der Waals surface area contributed by atoms with Crippen molar-refractivity contribution in [3.8, 4) is 22.5 Å². The number of hydrogen-bond acceptors (Lipinski definition) is 15. The fraction of sp³-hybridized carbons (Fsp3) is 0.310. The molecule has 19 heteroatoms. The van der Waals surface area contributed by atoms with Gasteiger partial charge >= 0.3 is 11.9 Å². The Morgan fingerprint density at radius 2 is 1.03 bits per heavy atom. The molecule has 0 bridgehead atoms. The van der Waals surface area contributed by atoms with Crippen molar-refractivity contribution in [3.05, 3.63) is 97.8 Å². The maximum absolute atomic E-state index is 11.5. The Labute approximate surface area is 360 Å². The van der Waals surface area contributed by atoms with E-state index in [0.29, 0.717) is 11.9 Å². The number of piperazine rings is 2. The monoisotopic (exact) mass is 850 g/mol. The van der Waals surface area contributed by atoms with Crippen LogP contribution in [0.25, 0.3) is 22.5 Å². The minimum atomic E-state index is -0.562. The average molecular weight is 851 g/mol. The Hall–Kier alpha value is -6.92. The number of amides is 1. The number of anilines is 6. The predicted octanol–water partition coefficient (Wildman–Crippen LogP) is 4.84. The molecule has 0 radical (unpaired) electrons. The van der Waals surface area contributed by atoms with Crippen LogP contribution in [0.2, 0.25) is 0 Å². The molecule has 2 saturated heterocycles. The number of halogens is 1. The summed E-state index contributed by atoms with van der Waals surface area (Å²) in [5.74, 6) is 0.126. The van der Waals surface area contributed by atoms with E-state index in [1.165, 1.54) is 19.5 Å². The molecule has 3 N–H and O–H groups in total. The van der Waals surface area contributed by atoms with Gasteiger partial charge in [-0.1, -0.05) is 24.3 Å². The SMILES string of the molecule is CC(=O)N1CCN(c2ccc(-c3ccnc(Nc4cnn(C)c4)n3)cc2)CC1.CC(=O)OC(C)=O.Cl.Cn1cc(Nc2nccc(-c3ccc(N4CCNCC4)cc3)n2)cn1. The highest BCUT2D eigenvalue weighted by Gasteiger charge is 2.19. The number of benzene rings is 2. The topological polar surface area (TPSA) is 193 Å². The van der Waals surface area contributed by atoms with Crippen molar-refractivity contribution in [1.29, 1.82) is 0 Å². The van der Waals surface area contributed by atoms with E-state index in [9.17, 15) is 14.4 Å². The van der Waals surface area contributed by atoms with Crippen LogP contribution in [0.1, 0.15) is 20.8 Å². The summed E-state index contributed by atoms with van der Waals surface area (Å²) >= 11 is 0. The second kappa shape index (κ2) is 21.9. The lowest BCUT2D eigenvalue weighted by atomic mass is 10.1. The van der Waals surface area contributed by atoms with Crippen LogP contribution in [0.3, 0.4) is 0 Å². The highest BCUT2D eigenvalue weighted by Crippen LogP contribution is 2.25. The van der Waals surface area contributed by atoms with Gasteiger partial charge < -0.3 is 35.4 Å². The standard InChI is InChI=1S/C20H23N7O.C18H21N7.C4H6O3.ClH/c1-15(28)26-9-11-27(12-10-26)18-5-3-16(4-6-18)19-7-8-21-20(24-19)23-17-13-22-25(2)14-17;1-24-13-15(12-21-24)22-18-20-7-6-17(23-18)14-2-4-16(5-3-14)25-10-8-19-9-11-25;1-3(5)7-4(2)6;/h3-8,13-14H,9-12H2,1-2H3,(H,21,23,24);2-7,12-13,19H,8-11H2,1H3,(H,20,22,23);1-2H3;1H. The number of carbonyl (C=O) groups excluding carboxylic acids is 3. The van der Waals surface area contributed by atoms with Gasteiger partial charge in [-0.3, -0.25) is 23.7 Å². The van der Waals surface area contributed by atoms with E-state index < -0.39 is 11.9 Å². The minimum Gasteiger partial charge on any atom is -0.394 e. The first-order valence-corrected chi connectivity index (χ1v) is 19.5. The molecule has 0 spiro atoms. The molecule has 2 fully saturated rings. The first-order valence-electron chi connectivity index (χ1n) is 19.5. The van der Waals surface area contributed by atoms with Crippen LogP contribution >= 0.6 is 12.4 Å². The Kier molecular flexibility index (Phi) is 16.2. The molecule has 0 unspecified atom stereocenters. The third-order valence-corrected chi connectivity index (χ3v) is 9.42. The molecule has 2 aliphatic rings. The quantitative estimate of drug-likeness (QED) is 0.139. The van der Waals surface area contributed by atoms with Gasteiger partial charge in [0.05, 0.1) is 35.2 Å². The number of ether oxygens (including phenoxy) is 1. The number of aryl methyl sites for hydroxylation is 2. The molecule has 0 saturated carbocycles. The number of aromatic nitrogens is 8. The minimum absolute atomic E-state index is 0. The summed E-state index contributed by atoms with van der Waals surface area (Å²) in [6.07, 6.45) is 10.8. The highest BCUT2D eigenvalue weighted by molar-refractivity contribution is 5.85. The Bertz CT molecular complexity index is 2330. The van der Waals surface area contributed by atoms with Crippen LogP contribution in [0.4, 0.5) is 34.6 Å². The third-order valence-electron chi connectivity index (χ3n) is 9.42. The molecule has 8 rings (SSSR count). The number of carbonyl (C=O) groups is 3.